The number of nitro groups is 1. The fraction of sp³-hybridized carbons (Fsp3) is 0.200. The van der Waals surface area contributed by atoms with E-state index < -0.39 is 17.4 Å². The minimum Gasteiger partial charge on any atom is -0.467 e. The zero-order valence-corrected chi connectivity index (χ0v) is 22.6. The van der Waals surface area contributed by atoms with Crippen LogP contribution in [0.2, 0.25) is 0 Å². The molecule has 1 amide bonds. The first kappa shape index (κ1) is 27.8. The zero-order valence-electron chi connectivity index (χ0n) is 20.1. The molecule has 0 unspecified atom stereocenters. The number of ether oxygens (including phenoxy) is 2. The largest absolute Gasteiger partial charge is 0.467 e. The van der Waals surface area contributed by atoms with E-state index >= 15 is 0 Å². The van der Waals surface area contributed by atoms with Crippen LogP contribution in [0.1, 0.15) is 27.9 Å². The second-order valence-corrected chi connectivity index (χ2v) is 9.60. The molecule has 10 nitrogen and oxygen atoms in total. The summed E-state index contributed by atoms with van der Waals surface area (Å²) in [4.78, 5) is 29.0. The summed E-state index contributed by atoms with van der Waals surface area (Å²) in [6.45, 7) is 3.41. The fourth-order valence-corrected chi connectivity index (χ4v) is 4.44. The van der Waals surface area contributed by atoms with Crippen LogP contribution in [0.5, 0.6) is 5.88 Å². The predicted octanol–water partition coefficient (Wildman–Crippen LogP) is 5.07. The van der Waals surface area contributed by atoms with Crippen LogP contribution in [-0.4, -0.2) is 35.7 Å². The summed E-state index contributed by atoms with van der Waals surface area (Å²) in [7, 11) is 1.50. The van der Waals surface area contributed by atoms with Crippen molar-refractivity contribution in [2.75, 3.05) is 13.7 Å². The molecule has 0 aliphatic carbocycles. The van der Waals surface area contributed by atoms with Crippen molar-refractivity contribution in [3.63, 3.8) is 0 Å². The molecule has 3 aromatic rings. The molecule has 0 saturated carbocycles. The maximum Gasteiger partial charge on any atom is 0.283 e. The molecule has 0 saturated heterocycles. The lowest BCUT2D eigenvalue weighted by atomic mass is 10.1. The van der Waals surface area contributed by atoms with Gasteiger partial charge >= 0.3 is 0 Å². The van der Waals surface area contributed by atoms with E-state index in [1.165, 1.54) is 31.2 Å². The lowest BCUT2D eigenvalue weighted by Gasteiger charge is -2.13. The summed E-state index contributed by atoms with van der Waals surface area (Å²) in [5, 5.41) is 25.0. The number of hydrazone groups is 1. The lowest BCUT2D eigenvalue weighted by molar-refractivity contribution is -0.387. The molecule has 2 aromatic carbocycles. The van der Waals surface area contributed by atoms with Gasteiger partial charge in [0, 0.05) is 33.7 Å². The Labute approximate surface area is 226 Å². The summed E-state index contributed by atoms with van der Waals surface area (Å²) in [5.74, 6) is -0.594. The number of aromatic nitrogens is 1. The number of halogens is 1. The van der Waals surface area contributed by atoms with Crippen LogP contribution in [0, 0.1) is 35.3 Å². The standard InChI is InChI=1S/C25H22BrN5O5S/c1-15-4-7-18(8-5-15)37-22-9-6-17(10-21(22)31(33)34)12-28-30-23(32)14-36-25-19(11-27)20(13-35-3)24(26)16(2)29-25/h4-10,12H,13-14H2,1-3H3,(H,30,32). The number of amides is 1. The van der Waals surface area contributed by atoms with Crippen LogP contribution >= 0.6 is 27.7 Å². The van der Waals surface area contributed by atoms with Gasteiger partial charge in [-0.25, -0.2) is 10.4 Å². The second kappa shape index (κ2) is 13.0. The molecule has 0 bridgehead atoms. The van der Waals surface area contributed by atoms with Gasteiger partial charge in [-0.2, -0.15) is 10.4 Å². The third-order valence-electron chi connectivity index (χ3n) is 4.94. The Kier molecular flexibility index (Phi) is 9.73. The summed E-state index contributed by atoms with van der Waals surface area (Å²) in [6, 6.07) is 14.4. The minimum atomic E-state index is -0.600. The van der Waals surface area contributed by atoms with Gasteiger partial charge in [0.2, 0.25) is 5.88 Å². The van der Waals surface area contributed by atoms with Gasteiger partial charge in [0.25, 0.3) is 11.6 Å². The lowest BCUT2D eigenvalue weighted by Crippen LogP contribution is -2.25. The summed E-state index contributed by atoms with van der Waals surface area (Å²) >= 11 is 4.68. The monoisotopic (exact) mass is 583 g/mol. The van der Waals surface area contributed by atoms with E-state index in [1.54, 1.807) is 19.1 Å². The number of nitriles is 1. The number of carbonyl (C=O) groups excluding carboxylic acids is 1. The number of pyridine rings is 1. The number of aryl methyl sites for hydroxylation is 2. The second-order valence-electron chi connectivity index (χ2n) is 7.70. The smallest absolute Gasteiger partial charge is 0.283 e. The van der Waals surface area contributed by atoms with E-state index in [0.717, 1.165) is 10.5 Å². The van der Waals surface area contributed by atoms with Gasteiger partial charge in [-0.3, -0.25) is 14.9 Å². The van der Waals surface area contributed by atoms with Gasteiger partial charge in [-0.05, 0) is 48.0 Å². The van der Waals surface area contributed by atoms with Gasteiger partial charge in [0.05, 0.1) is 28.3 Å². The molecule has 0 aliphatic heterocycles. The normalized spacial score (nSPS) is 10.8. The van der Waals surface area contributed by atoms with E-state index in [2.05, 4.69) is 31.4 Å². The third-order valence-corrected chi connectivity index (χ3v) is 7.06. The Morgan fingerprint density at radius 2 is 2.03 bits per heavy atom. The number of methoxy groups -OCH3 is 1. The maximum absolute atomic E-state index is 12.2. The van der Waals surface area contributed by atoms with E-state index in [0.29, 0.717) is 26.2 Å². The molecule has 37 heavy (non-hydrogen) atoms. The number of nitro benzene ring substituents is 1. The SMILES string of the molecule is COCc1c(Br)c(C)nc(OCC(=O)NN=Cc2ccc(Sc3ccc(C)cc3)c([N+](=O)[O-])c2)c1C#N. The van der Waals surface area contributed by atoms with E-state index in [-0.39, 0.29) is 23.7 Å². The number of hydrogen-bond acceptors (Lipinski definition) is 9. The van der Waals surface area contributed by atoms with Crippen LogP contribution in [0.15, 0.2) is 61.8 Å². The van der Waals surface area contributed by atoms with Gasteiger partial charge in [0.15, 0.2) is 6.61 Å². The first-order chi connectivity index (χ1) is 17.7. The Hall–Kier alpha value is -3.79. The van der Waals surface area contributed by atoms with E-state index in [1.807, 2.05) is 37.3 Å². The molecule has 0 atom stereocenters. The van der Waals surface area contributed by atoms with Crippen LogP contribution in [0.25, 0.3) is 0 Å². The summed E-state index contributed by atoms with van der Waals surface area (Å²) in [6.07, 6.45) is 1.30. The first-order valence-corrected chi connectivity index (χ1v) is 12.4. The Morgan fingerprint density at radius 3 is 2.68 bits per heavy atom. The molecular weight excluding hydrogens is 562 g/mol. The van der Waals surface area contributed by atoms with Crippen molar-refractivity contribution in [3.05, 3.63) is 85.0 Å². The molecule has 190 valence electrons. The average molecular weight is 584 g/mol. The Morgan fingerprint density at radius 1 is 1.30 bits per heavy atom. The molecular formula is C25H22BrN5O5S. The van der Waals surface area contributed by atoms with Crippen molar-refractivity contribution < 1.29 is 19.2 Å². The number of nitrogens with zero attached hydrogens (tertiary/aromatic N) is 4. The number of nitrogens with one attached hydrogen (secondary N) is 1. The Bertz CT molecular complexity index is 1390. The number of carbonyl (C=O) groups is 1. The number of rotatable bonds is 10. The van der Waals surface area contributed by atoms with E-state index in [9.17, 15) is 20.2 Å². The van der Waals surface area contributed by atoms with Gasteiger partial charge in [0.1, 0.15) is 11.6 Å². The first-order valence-electron chi connectivity index (χ1n) is 10.8. The van der Waals surface area contributed by atoms with Crippen LogP contribution in [-0.2, 0) is 16.1 Å². The van der Waals surface area contributed by atoms with Crippen molar-refractivity contribution in [2.45, 2.75) is 30.2 Å². The molecule has 3 rings (SSSR count). The highest BCUT2D eigenvalue weighted by molar-refractivity contribution is 9.10. The highest BCUT2D eigenvalue weighted by Crippen LogP contribution is 2.35. The quantitative estimate of drug-likeness (QED) is 0.198. The van der Waals surface area contributed by atoms with E-state index in [4.69, 9.17) is 9.47 Å². The highest BCUT2D eigenvalue weighted by Gasteiger charge is 2.19. The third kappa shape index (κ3) is 7.36. The topological polar surface area (TPSA) is 140 Å². The van der Waals surface area contributed by atoms with Crippen molar-refractivity contribution >= 4 is 45.5 Å². The van der Waals surface area contributed by atoms with Gasteiger partial charge in [-0.15, -0.1) is 0 Å². The van der Waals surface area contributed by atoms with Crippen LogP contribution < -0.4 is 10.2 Å². The molecule has 1 heterocycles. The molecule has 12 heteroatoms. The molecule has 0 spiro atoms. The van der Waals surface area contributed by atoms with Crippen molar-refractivity contribution in [1.82, 2.24) is 10.4 Å². The molecule has 0 aliphatic rings. The molecule has 0 fully saturated rings. The average Bonchev–Trinajstić information content (AvgIpc) is 2.87. The van der Waals surface area contributed by atoms with Crippen molar-refractivity contribution in [3.8, 4) is 11.9 Å². The molecule has 1 N–H and O–H groups in total. The highest BCUT2D eigenvalue weighted by atomic mass is 79.9. The van der Waals surface area contributed by atoms with Crippen LogP contribution in [0.3, 0.4) is 0 Å². The Balaban J connectivity index is 1.65. The van der Waals surface area contributed by atoms with Gasteiger partial charge < -0.3 is 9.47 Å². The summed E-state index contributed by atoms with van der Waals surface area (Å²) in [5.41, 5.74) is 5.06. The maximum atomic E-state index is 12.2. The zero-order chi connectivity index (χ0) is 26.9. The molecule has 1 aromatic heterocycles. The predicted molar refractivity (Wildman–Crippen MR) is 142 cm³/mol. The van der Waals surface area contributed by atoms with Crippen molar-refractivity contribution in [1.29, 1.82) is 5.26 Å². The minimum absolute atomic E-state index is 0.00618. The fourth-order valence-electron chi connectivity index (χ4n) is 3.14. The van der Waals surface area contributed by atoms with Crippen LogP contribution in [0.4, 0.5) is 5.69 Å². The van der Waals surface area contributed by atoms with Gasteiger partial charge in [-0.1, -0.05) is 35.5 Å². The molecule has 0 radical (unpaired) electrons. The number of hydrogen-bond donors (Lipinski definition) is 1. The summed E-state index contributed by atoms with van der Waals surface area (Å²) < 4.78 is 11.2. The number of benzene rings is 2. The van der Waals surface area contributed by atoms with Crippen molar-refractivity contribution in [2.24, 2.45) is 5.10 Å².